The maximum atomic E-state index is 9.26. The Morgan fingerprint density at radius 1 is 0.692 bits per heavy atom. The Labute approximate surface area is 158 Å². The van der Waals surface area contributed by atoms with Crippen LogP contribution in [0.5, 0.6) is 0 Å². The highest BCUT2D eigenvalue weighted by Gasteiger charge is 2.10. The quantitative estimate of drug-likeness (QED) is 0.406. The lowest BCUT2D eigenvalue weighted by Gasteiger charge is -2.13. The molecule has 0 radical (unpaired) electrons. The monoisotopic (exact) mass is 356 g/mol. The van der Waals surface area contributed by atoms with Gasteiger partial charge in [0.25, 0.3) is 0 Å². The highest BCUT2D eigenvalue weighted by molar-refractivity contribution is 5.50. The van der Waals surface area contributed by atoms with Crippen LogP contribution >= 0.6 is 0 Å². The summed E-state index contributed by atoms with van der Waals surface area (Å²) in [4.78, 5) is 0. The molecule has 0 unspecified atom stereocenters. The van der Waals surface area contributed by atoms with Gasteiger partial charge in [-0.1, -0.05) is 52.4 Å². The highest BCUT2D eigenvalue weighted by Crippen LogP contribution is 2.19. The maximum Gasteiger partial charge on any atom is 0.101 e. The molecule has 0 atom stereocenters. The van der Waals surface area contributed by atoms with Crippen molar-refractivity contribution >= 4 is 0 Å². The van der Waals surface area contributed by atoms with Crippen molar-refractivity contribution in [1.82, 2.24) is 0 Å². The molecule has 1 rings (SSSR count). The van der Waals surface area contributed by atoms with Crippen molar-refractivity contribution in [3.05, 3.63) is 34.4 Å². The molecule has 0 spiro atoms. The van der Waals surface area contributed by atoms with Crippen molar-refractivity contribution in [2.45, 2.75) is 78.4 Å². The molecule has 142 valence electrons. The number of hydrogen-bond acceptors (Lipinski definition) is 4. The van der Waals surface area contributed by atoms with Crippen molar-refractivity contribution in [3.8, 4) is 12.1 Å². The molecule has 0 saturated heterocycles. The Bertz CT molecular complexity index is 546. The topological polar surface area (TPSA) is 66.0 Å². The fraction of sp³-hybridized carbons (Fsp3) is 0.636. The molecule has 1 aromatic carbocycles. The number of ether oxygens (including phenoxy) is 2. The predicted octanol–water partition coefficient (Wildman–Crippen LogP) is 5.62. The van der Waals surface area contributed by atoms with Gasteiger partial charge in [-0.15, -0.1) is 0 Å². The number of rotatable bonds is 14. The lowest BCUT2D eigenvalue weighted by atomic mass is 10.00. The van der Waals surface area contributed by atoms with E-state index in [1.165, 1.54) is 38.5 Å². The smallest absolute Gasteiger partial charge is 0.101 e. The zero-order valence-corrected chi connectivity index (χ0v) is 16.4. The molecule has 0 aliphatic heterocycles. The average Bonchev–Trinajstić information content (AvgIpc) is 2.67. The molecular weight excluding hydrogens is 324 g/mol. The maximum absolute atomic E-state index is 9.26. The summed E-state index contributed by atoms with van der Waals surface area (Å²) in [6, 6.07) is 7.76. The van der Waals surface area contributed by atoms with Crippen LogP contribution in [0.4, 0.5) is 0 Å². The number of benzene rings is 1. The molecule has 0 aromatic heterocycles. The van der Waals surface area contributed by atoms with Crippen LogP contribution in [0.3, 0.4) is 0 Å². The first-order valence-electron chi connectivity index (χ1n) is 9.88. The summed E-state index contributed by atoms with van der Waals surface area (Å²) in [6.45, 7) is 6.74. The lowest BCUT2D eigenvalue weighted by Crippen LogP contribution is -2.05. The third-order valence-corrected chi connectivity index (χ3v) is 4.38. The zero-order valence-electron chi connectivity index (χ0n) is 16.4. The molecule has 0 heterocycles. The molecule has 0 fully saturated rings. The lowest BCUT2D eigenvalue weighted by molar-refractivity contribution is 0.103. The van der Waals surface area contributed by atoms with E-state index < -0.39 is 0 Å². The third-order valence-electron chi connectivity index (χ3n) is 4.38. The summed E-state index contributed by atoms with van der Waals surface area (Å²) in [5.74, 6) is 0. The van der Waals surface area contributed by atoms with Gasteiger partial charge in [-0.2, -0.15) is 10.5 Å². The van der Waals surface area contributed by atoms with Gasteiger partial charge < -0.3 is 9.47 Å². The minimum atomic E-state index is 0.406. The van der Waals surface area contributed by atoms with E-state index in [0.717, 1.165) is 37.2 Å². The van der Waals surface area contributed by atoms with Crippen LogP contribution in [0, 0.1) is 22.7 Å². The Kier molecular flexibility index (Phi) is 12.2. The van der Waals surface area contributed by atoms with Gasteiger partial charge in [0.2, 0.25) is 0 Å². The van der Waals surface area contributed by atoms with Crippen molar-refractivity contribution in [2.75, 3.05) is 13.2 Å². The van der Waals surface area contributed by atoms with Crippen LogP contribution in [-0.4, -0.2) is 13.2 Å². The molecule has 4 heteroatoms. The van der Waals surface area contributed by atoms with Crippen LogP contribution in [-0.2, 0) is 22.7 Å². The summed E-state index contributed by atoms with van der Waals surface area (Å²) >= 11 is 0. The van der Waals surface area contributed by atoms with E-state index in [2.05, 4.69) is 26.0 Å². The molecule has 0 saturated carbocycles. The SMILES string of the molecule is CCCCCCOCc1cc(C#N)c(C#N)cc1COCCCCCC. The molecule has 1 aromatic rings. The van der Waals surface area contributed by atoms with Crippen LogP contribution in [0.2, 0.25) is 0 Å². The molecule has 0 bridgehead atoms. The fourth-order valence-electron chi connectivity index (χ4n) is 2.77. The second-order valence-electron chi connectivity index (χ2n) is 6.62. The Morgan fingerprint density at radius 3 is 1.46 bits per heavy atom. The van der Waals surface area contributed by atoms with Gasteiger partial charge >= 0.3 is 0 Å². The summed E-state index contributed by atoms with van der Waals surface area (Å²) in [6.07, 6.45) is 9.35. The second kappa shape index (κ2) is 14.3. The fourth-order valence-corrected chi connectivity index (χ4v) is 2.77. The van der Waals surface area contributed by atoms with Crippen LogP contribution in [0.25, 0.3) is 0 Å². The van der Waals surface area contributed by atoms with Gasteiger partial charge in [0.1, 0.15) is 12.1 Å². The van der Waals surface area contributed by atoms with Gasteiger partial charge in [-0.3, -0.25) is 0 Å². The first kappa shape index (κ1) is 22.2. The van der Waals surface area contributed by atoms with Gasteiger partial charge in [-0.25, -0.2) is 0 Å². The first-order chi connectivity index (χ1) is 12.8. The number of nitrogens with zero attached hydrogens (tertiary/aromatic N) is 2. The van der Waals surface area contributed by atoms with Crippen molar-refractivity contribution in [2.24, 2.45) is 0 Å². The van der Waals surface area contributed by atoms with E-state index in [4.69, 9.17) is 9.47 Å². The van der Waals surface area contributed by atoms with Gasteiger partial charge in [0.05, 0.1) is 24.3 Å². The summed E-state index contributed by atoms with van der Waals surface area (Å²) < 4.78 is 11.6. The first-order valence-corrected chi connectivity index (χ1v) is 9.88. The van der Waals surface area contributed by atoms with Gasteiger partial charge in [0.15, 0.2) is 0 Å². The van der Waals surface area contributed by atoms with E-state index in [1.54, 1.807) is 12.1 Å². The normalized spacial score (nSPS) is 10.5. The summed E-state index contributed by atoms with van der Waals surface area (Å²) in [5.41, 5.74) is 2.71. The van der Waals surface area contributed by atoms with Crippen LogP contribution in [0.15, 0.2) is 12.1 Å². The van der Waals surface area contributed by atoms with Gasteiger partial charge in [0, 0.05) is 13.2 Å². The Morgan fingerprint density at radius 2 is 1.12 bits per heavy atom. The molecule has 0 N–H and O–H groups in total. The van der Waals surface area contributed by atoms with Crippen molar-refractivity contribution in [3.63, 3.8) is 0 Å². The molecule has 4 nitrogen and oxygen atoms in total. The molecular formula is C22H32N2O2. The standard InChI is InChI=1S/C22H32N2O2/c1-3-5-7-9-11-25-17-21-13-19(15-23)20(16-24)14-22(21)18-26-12-10-8-6-4-2/h13-14H,3-12,17-18H2,1-2H3. The van der Waals surface area contributed by atoms with Crippen molar-refractivity contribution in [1.29, 1.82) is 10.5 Å². The van der Waals surface area contributed by atoms with E-state index in [1.807, 2.05) is 0 Å². The Balaban J connectivity index is 2.63. The van der Waals surface area contributed by atoms with E-state index in [-0.39, 0.29) is 0 Å². The minimum Gasteiger partial charge on any atom is -0.377 e. The summed E-state index contributed by atoms with van der Waals surface area (Å²) in [7, 11) is 0. The Hall–Kier alpha value is -1.88. The largest absolute Gasteiger partial charge is 0.377 e. The predicted molar refractivity (Wildman–Crippen MR) is 103 cm³/mol. The van der Waals surface area contributed by atoms with E-state index in [0.29, 0.717) is 24.3 Å². The van der Waals surface area contributed by atoms with Crippen molar-refractivity contribution < 1.29 is 9.47 Å². The summed E-state index contributed by atoms with van der Waals surface area (Å²) in [5, 5.41) is 18.5. The minimum absolute atomic E-state index is 0.406. The van der Waals surface area contributed by atoms with Crippen LogP contribution < -0.4 is 0 Å². The number of hydrogen-bond donors (Lipinski definition) is 0. The number of nitriles is 2. The van der Waals surface area contributed by atoms with E-state index >= 15 is 0 Å². The second-order valence-corrected chi connectivity index (χ2v) is 6.62. The zero-order chi connectivity index (χ0) is 19.0. The number of unbranched alkanes of at least 4 members (excludes halogenated alkanes) is 6. The molecule has 0 amide bonds. The van der Waals surface area contributed by atoms with Gasteiger partial charge in [-0.05, 0) is 36.1 Å². The molecule has 26 heavy (non-hydrogen) atoms. The molecule has 0 aliphatic rings. The average molecular weight is 357 g/mol. The van der Waals surface area contributed by atoms with E-state index in [9.17, 15) is 10.5 Å². The highest BCUT2D eigenvalue weighted by atomic mass is 16.5. The van der Waals surface area contributed by atoms with Crippen LogP contribution in [0.1, 0.15) is 87.5 Å². The third kappa shape index (κ3) is 8.48. The molecule has 0 aliphatic carbocycles.